The number of hydrogen-bond acceptors (Lipinski definition) is 4. The fourth-order valence-corrected chi connectivity index (χ4v) is 2.92. The fourth-order valence-electron chi connectivity index (χ4n) is 2.92. The average molecular weight is 296 g/mol. The first-order valence-corrected chi connectivity index (χ1v) is 7.51. The van der Waals surface area contributed by atoms with Crippen molar-refractivity contribution in [2.45, 2.75) is 18.9 Å². The Bertz CT molecular complexity index is 875. The number of ether oxygens (including phenoxy) is 2. The molecule has 1 aliphatic heterocycles. The Balaban J connectivity index is 1.78. The monoisotopic (exact) mass is 296 g/mol. The van der Waals surface area contributed by atoms with Crippen LogP contribution in [0.3, 0.4) is 0 Å². The maximum absolute atomic E-state index is 12.2. The molecule has 0 atom stereocenters. The normalized spacial score (nSPS) is 16.2. The van der Waals surface area contributed by atoms with Gasteiger partial charge in [-0.1, -0.05) is 18.2 Å². The van der Waals surface area contributed by atoms with Crippen LogP contribution in [0.4, 0.5) is 0 Å². The van der Waals surface area contributed by atoms with Gasteiger partial charge in [-0.25, -0.2) is 4.79 Å². The Morgan fingerprint density at radius 1 is 0.955 bits per heavy atom. The van der Waals surface area contributed by atoms with Gasteiger partial charge in [0.15, 0.2) is 0 Å². The molecule has 0 unspecified atom stereocenters. The van der Waals surface area contributed by atoms with E-state index in [1.54, 1.807) is 6.07 Å². The van der Waals surface area contributed by atoms with Crippen LogP contribution >= 0.6 is 0 Å². The molecule has 1 fully saturated rings. The highest BCUT2D eigenvalue weighted by Gasteiger charge is 2.16. The van der Waals surface area contributed by atoms with Crippen LogP contribution in [0.5, 0.6) is 5.75 Å². The number of para-hydroxylation sites is 1. The van der Waals surface area contributed by atoms with Crippen molar-refractivity contribution in [3.05, 3.63) is 52.9 Å². The molecule has 3 aromatic rings. The van der Waals surface area contributed by atoms with Crippen molar-refractivity contribution in [1.29, 1.82) is 0 Å². The van der Waals surface area contributed by atoms with Crippen LogP contribution in [0.25, 0.3) is 21.7 Å². The van der Waals surface area contributed by atoms with Gasteiger partial charge in [0.25, 0.3) is 0 Å². The summed E-state index contributed by atoms with van der Waals surface area (Å²) in [5.41, 5.74) is 0.282. The van der Waals surface area contributed by atoms with Gasteiger partial charge in [0.05, 0.1) is 18.6 Å². The first-order valence-electron chi connectivity index (χ1n) is 7.51. The van der Waals surface area contributed by atoms with E-state index in [0.717, 1.165) is 36.8 Å². The van der Waals surface area contributed by atoms with Gasteiger partial charge >= 0.3 is 5.63 Å². The molecule has 0 amide bonds. The third kappa shape index (κ3) is 2.35. The zero-order valence-electron chi connectivity index (χ0n) is 12.1. The summed E-state index contributed by atoms with van der Waals surface area (Å²) in [7, 11) is 0. The average Bonchev–Trinajstić information content (AvgIpc) is 2.56. The van der Waals surface area contributed by atoms with Crippen molar-refractivity contribution >= 4 is 21.7 Å². The van der Waals surface area contributed by atoms with Crippen LogP contribution in [-0.4, -0.2) is 19.3 Å². The van der Waals surface area contributed by atoms with E-state index in [9.17, 15) is 4.79 Å². The molecule has 112 valence electrons. The molecular weight excluding hydrogens is 280 g/mol. The quantitative estimate of drug-likeness (QED) is 0.536. The topological polar surface area (TPSA) is 48.7 Å². The van der Waals surface area contributed by atoms with E-state index in [1.807, 2.05) is 36.4 Å². The largest absolute Gasteiger partial charge is 0.490 e. The smallest absolute Gasteiger partial charge is 0.344 e. The number of benzene rings is 2. The summed E-state index contributed by atoms with van der Waals surface area (Å²) < 4.78 is 16.7. The van der Waals surface area contributed by atoms with Gasteiger partial charge in [0, 0.05) is 23.6 Å². The third-order valence-electron chi connectivity index (χ3n) is 4.06. The first-order chi connectivity index (χ1) is 10.8. The Kier molecular flexibility index (Phi) is 3.31. The zero-order chi connectivity index (χ0) is 14.9. The van der Waals surface area contributed by atoms with Gasteiger partial charge < -0.3 is 13.9 Å². The van der Waals surface area contributed by atoms with Crippen molar-refractivity contribution in [1.82, 2.24) is 0 Å². The Morgan fingerprint density at radius 2 is 1.77 bits per heavy atom. The molecule has 1 saturated heterocycles. The summed E-state index contributed by atoms with van der Waals surface area (Å²) >= 11 is 0. The van der Waals surface area contributed by atoms with Gasteiger partial charge in [-0.05, 0) is 24.3 Å². The van der Waals surface area contributed by atoms with E-state index < -0.39 is 0 Å². The number of rotatable bonds is 2. The Hall–Kier alpha value is -2.33. The lowest BCUT2D eigenvalue weighted by atomic mass is 10.1. The minimum Gasteiger partial charge on any atom is -0.490 e. The number of hydrogen-bond donors (Lipinski definition) is 0. The molecule has 0 radical (unpaired) electrons. The molecule has 2 heterocycles. The second-order valence-corrected chi connectivity index (χ2v) is 5.52. The maximum Gasteiger partial charge on any atom is 0.344 e. The van der Waals surface area contributed by atoms with E-state index in [-0.39, 0.29) is 11.7 Å². The second-order valence-electron chi connectivity index (χ2n) is 5.52. The van der Waals surface area contributed by atoms with Gasteiger partial charge in [-0.2, -0.15) is 0 Å². The van der Waals surface area contributed by atoms with Crippen LogP contribution in [0.15, 0.2) is 51.7 Å². The SMILES string of the molecule is O=c1oc2ccccc2c2ccc(OC3CCOCC3)cc12. The van der Waals surface area contributed by atoms with Gasteiger partial charge in [-0.3, -0.25) is 0 Å². The lowest BCUT2D eigenvalue weighted by molar-refractivity contribution is 0.0256. The molecule has 1 aromatic heterocycles. The standard InChI is InChI=1S/C18H16O4/c19-18-16-11-13(21-12-7-9-20-10-8-12)5-6-14(16)15-3-1-2-4-17(15)22-18/h1-6,11-12H,7-10H2. The van der Waals surface area contributed by atoms with E-state index in [1.165, 1.54) is 0 Å². The molecule has 22 heavy (non-hydrogen) atoms. The van der Waals surface area contributed by atoms with Crippen molar-refractivity contribution in [3.63, 3.8) is 0 Å². The summed E-state index contributed by atoms with van der Waals surface area (Å²) in [6.07, 6.45) is 1.91. The van der Waals surface area contributed by atoms with Gasteiger partial charge in [-0.15, -0.1) is 0 Å². The molecule has 0 N–H and O–H groups in total. The van der Waals surface area contributed by atoms with E-state index in [2.05, 4.69) is 0 Å². The highest BCUT2D eigenvalue weighted by molar-refractivity contribution is 6.04. The number of fused-ring (bicyclic) bond motifs is 3. The van der Waals surface area contributed by atoms with Crippen LogP contribution < -0.4 is 10.4 Å². The fraction of sp³-hybridized carbons (Fsp3) is 0.278. The molecule has 4 rings (SSSR count). The lowest BCUT2D eigenvalue weighted by Crippen LogP contribution is -2.25. The summed E-state index contributed by atoms with van der Waals surface area (Å²) in [4.78, 5) is 12.2. The highest BCUT2D eigenvalue weighted by Crippen LogP contribution is 2.27. The van der Waals surface area contributed by atoms with Crippen molar-refractivity contribution in [2.24, 2.45) is 0 Å². The molecule has 0 bridgehead atoms. The second kappa shape index (κ2) is 5.46. The van der Waals surface area contributed by atoms with Crippen molar-refractivity contribution < 1.29 is 13.9 Å². The van der Waals surface area contributed by atoms with Crippen molar-refractivity contribution in [2.75, 3.05) is 13.2 Å². The van der Waals surface area contributed by atoms with Crippen LogP contribution in [0.2, 0.25) is 0 Å². The van der Waals surface area contributed by atoms with E-state index >= 15 is 0 Å². The lowest BCUT2D eigenvalue weighted by Gasteiger charge is -2.23. The predicted octanol–water partition coefficient (Wildman–Crippen LogP) is 3.50. The first kappa shape index (κ1) is 13.3. The highest BCUT2D eigenvalue weighted by atomic mass is 16.5. The molecule has 1 aliphatic rings. The van der Waals surface area contributed by atoms with Crippen LogP contribution in [0.1, 0.15) is 12.8 Å². The maximum atomic E-state index is 12.2. The third-order valence-corrected chi connectivity index (χ3v) is 4.06. The summed E-state index contributed by atoms with van der Waals surface area (Å²) in [5.74, 6) is 0.710. The Morgan fingerprint density at radius 3 is 2.64 bits per heavy atom. The molecule has 0 aliphatic carbocycles. The molecular formula is C18H16O4. The van der Waals surface area contributed by atoms with Gasteiger partial charge in [0.2, 0.25) is 0 Å². The molecule has 0 spiro atoms. The summed E-state index contributed by atoms with van der Waals surface area (Å²) in [5, 5.41) is 2.39. The van der Waals surface area contributed by atoms with Gasteiger partial charge in [0.1, 0.15) is 17.4 Å². The zero-order valence-corrected chi connectivity index (χ0v) is 12.1. The van der Waals surface area contributed by atoms with Crippen molar-refractivity contribution in [3.8, 4) is 5.75 Å². The molecule has 4 nitrogen and oxygen atoms in total. The Labute approximate surface area is 127 Å². The minimum absolute atomic E-state index is 0.152. The summed E-state index contributed by atoms with van der Waals surface area (Å²) in [6, 6.07) is 13.2. The van der Waals surface area contributed by atoms with E-state index in [0.29, 0.717) is 16.7 Å². The minimum atomic E-state index is -0.328. The molecule has 4 heteroatoms. The predicted molar refractivity (Wildman–Crippen MR) is 84.5 cm³/mol. The summed E-state index contributed by atoms with van der Waals surface area (Å²) in [6.45, 7) is 1.45. The van der Waals surface area contributed by atoms with E-state index in [4.69, 9.17) is 13.9 Å². The molecule has 0 saturated carbocycles. The van der Waals surface area contributed by atoms with Crippen LogP contribution in [0, 0.1) is 0 Å². The van der Waals surface area contributed by atoms with Crippen LogP contribution in [-0.2, 0) is 4.74 Å². The molecule has 2 aromatic carbocycles.